The van der Waals surface area contributed by atoms with Crippen LogP contribution in [0, 0.1) is 6.92 Å². The molecule has 0 aromatic heterocycles. The van der Waals surface area contributed by atoms with Gasteiger partial charge in [-0.3, -0.25) is 9.79 Å². The molecule has 0 saturated heterocycles. The van der Waals surface area contributed by atoms with Crippen molar-refractivity contribution in [2.45, 2.75) is 32.9 Å². The van der Waals surface area contributed by atoms with Crippen molar-refractivity contribution in [3.8, 4) is 5.75 Å². The second-order valence-corrected chi connectivity index (χ2v) is 7.39. The van der Waals surface area contributed by atoms with E-state index in [-0.39, 0.29) is 42.5 Å². The van der Waals surface area contributed by atoms with Crippen molar-refractivity contribution in [1.29, 1.82) is 0 Å². The lowest BCUT2D eigenvalue weighted by atomic mass is 10.00. The Balaban J connectivity index is 0.00000320. The largest absolute Gasteiger partial charge is 0.489 e. The number of nitrogens with one attached hydrogen (secondary N) is 2. The molecule has 1 atom stereocenters. The fourth-order valence-electron chi connectivity index (χ4n) is 3.40. The van der Waals surface area contributed by atoms with E-state index in [1.807, 2.05) is 49.1 Å². The molecule has 1 unspecified atom stereocenters. The van der Waals surface area contributed by atoms with Crippen LogP contribution in [0.3, 0.4) is 0 Å². The van der Waals surface area contributed by atoms with Crippen LogP contribution in [0.1, 0.15) is 23.6 Å². The summed E-state index contributed by atoms with van der Waals surface area (Å²) in [5.74, 6) is 1.52. The lowest BCUT2D eigenvalue weighted by Gasteiger charge is -2.29. The summed E-state index contributed by atoms with van der Waals surface area (Å²) in [5, 5.41) is 6.33. The standard InChI is InChI=1S/C23H30N4O2.HI/c1-17-7-6-10-21(13-17)29-18(2)14-25-23(24-3)26-15-22(28)27-12-11-19-8-4-5-9-20(19)16-27;/h4-10,13,18H,11-12,14-16H2,1-3H3,(H2,24,25,26);1H. The number of hydrogen-bond acceptors (Lipinski definition) is 3. The van der Waals surface area contributed by atoms with E-state index in [1.165, 1.54) is 16.7 Å². The molecule has 2 N–H and O–H groups in total. The number of nitrogens with zero attached hydrogens (tertiary/aromatic N) is 2. The topological polar surface area (TPSA) is 66.0 Å². The van der Waals surface area contributed by atoms with Crippen molar-refractivity contribution in [3.05, 3.63) is 65.2 Å². The Morgan fingerprint density at radius 3 is 2.67 bits per heavy atom. The molecule has 0 spiro atoms. The Hall–Kier alpha value is -2.29. The first kappa shape index (κ1) is 24.0. The minimum atomic E-state index is -0.0374. The number of hydrogen-bond donors (Lipinski definition) is 2. The van der Waals surface area contributed by atoms with Crippen LogP contribution >= 0.6 is 24.0 Å². The smallest absolute Gasteiger partial charge is 0.242 e. The summed E-state index contributed by atoms with van der Waals surface area (Å²) in [7, 11) is 1.70. The predicted molar refractivity (Wildman–Crippen MR) is 132 cm³/mol. The molecule has 2 aromatic carbocycles. The molecular formula is C23H31IN4O2. The maximum absolute atomic E-state index is 12.6. The number of benzene rings is 2. The van der Waals surface area contributed by atoms with Crippen LogP contribution in [0.5, 0.6) is 5.75 Å². The maximum atomic E-state index is 12.6. The first-order valence-corrected chi connectivity index (χ1v) is 10.1. The summed E-state index contributed by atoms with van der Waals surface area (Å²) < 4.78 is 5.92. The van der Waals surface area contributed by atoms with Crippen LogP contribution in [0.4, 0.5) is 0 Å². The Labute approximate surface area is 196 Å². The van der Waals surface area contributed by atoms with Gasteiger partial charge in [-0.2, -0.15) is 0 Å². The van der Waals surface area contributed by atoms with Crippen molar-refractivity contribution in [2.75, 3.05) is 26.7 Å². The van der Waals surface area contributed by atoms with E-state index in [2.05, 4.69) is 33.8 Å². The molecule has 2 aromatic rings. The van der Waals surface area contributed by atoms with Crippen molar-refractivity contribution in [1.82, 2.24) is 15.5 Å². The lowest BCUT2D eigenvalue weighted by Crippen LogP contribution is -2.47. The van der Waals surface area contributed by atoms with Gasteiger partial charge in [-0.25, -0.2) is 0 Å². The number of aliphatic imine (C=N–C) groups is 1. The highest BCUT2D eigenvalue weighted by atomic mass is 127. The number of carbonyl (C=O) groups is 1. The minimum absolute atomic E-state index is 0. The number of ether oxygens (including phenoxy) is 1. The van der Waals surface area contributed by atoms with E-state index < -0.39 is 0 Å². The van der Waals surface area contributed by atoms with Gasteiger partial charge in [0, 0.05) is 20.1 Å². The van der Waals surface area contributed by atoms with Gasteiger partial charge in [0.25, 0.3) is 0 Å². The highest BCUT2D eigenvalue weighted by Gasteiger charge is 2.20. The molecule has 0 fully saturated rings. The molecule has 1 aliphatic rings. The number of rotatable bonds is 6. The summed E-state index contributed by atoms with van der Waals surface area (Å²) in [6.45, 7) is 6.27. The third-order valence-corrected chi connectivity index (χ3v) is 5.00. The predicted octanol–water partition coefficient (Wildman–Crippen LogP) is 3.13. The fourth-order valence-corrected chi connectivity index (χ4v) is 3.40. The molecule has 0 aliphatic carbocycles. The highest BCUT2D eigenvalue weighted by Crippen LogP contribution is 2.18. The van der Waals surface area contributed by atoms with Crippen LogP contribution in [0.25, 0.3) is 0 Å². The zero-order chi connectivity index (χ0) is 20.6. The SMILES string of the molecule is CN=C(NCC(=O)N1CCc2ccccc2C1)NCC(C)Oc1cccc(C)c1.I. The van der Waals surface area contributed by atoms with Gasteiger partial charge in [0.15, 0.2) is 5.96 Å². The Morgan fingerprint density at radius 2 is 1.93 bits per heavy atom. The van der Waals surface area contributed by atoms with Crippen molar-refractivity contribution in [3.63, 3.8) is 0 Å². The molecule has 7 heteroatoms. The molecule has 1 aliphatic heterocycles. The maximum Gasteiger partial charge on any atom is 0.242 e. The van der Waals surface area contributed by atoms with Crippen LogP contribution in [0.2, 0.25) is 0 Å². The monoisotopic (exact) mass is 522 g/mol. The van der Waals surface area contributed by atoms with E-state index in [4.69, 9.17) is 4.74 Å². The number of carbonyl (C=O) groups excluding carboxylic acids is 1. The summed E-state index contributed by atoms with van der Waals surface area (Å²) in [6, 6.07) is 16.3. The van der Waals surface area contributed by atoms with E-state index in [0.717, 1.165) is 18.7 Å². The van der Waals surface area contributed by atoms with E-state index >= 15 is 0 Å². The minimum Gasteiger partial charge on any atom is -0.489 e. The Morgan fingerprint density at radius 1 is 1.17 bits per heavy atom. The second-order valence-electron chi connectivity index (χ2n) is 7.39. The van der Waals surface area contributed by atoms with Crippen molar-refractivity contribution >= 4 is 35.8 Å². The first-order valence-electron chi connectivity index (χ1n) is 10.1. The lowest BCUT2D eigenvalue weighted by molar-refractivity contribution is -0.130. The van der Waals surface area contributed by atoms with Crippen molar-refractivity contribution in [2.24, 2.45) is 4.99 Å². The summed E-state index contributed by atoms with van der Waals surface area (Å²) in [6.07, 6.45) is 0.868. The van der Waals surface area contributed by atoms with Gasteiger partial charge in [0.05, 0.1) is 13.1 Å². The number of aryl methyl sites for hydroxylation is 1. The van der Waals surface area contributed by atoms with Crippen LogP contribution in [-0.4, -0.2) is 49.6 Å². The number of amides is 1. The highest BCUT2D eigenvalue weighted by molar-refractivity contribution is 14.0. The van der Waals surface area contributed by atoms with Crippen LogP contribution in [0.15, 0.2) is 53.5 Å². The Bertz CT molecular complexity index is 872. The van der Waals surface area contributed by atoms with Crippen LogP contribution in [-0.2, 0) is 17.8 Å². The molecular weight excluding hydrogens is 491 g/mol. The summed E-state index contributed by atoms with van der Waals surface area (Å²) in [4.78, 5) is 18.7. The molecule has 30 heavy (non-hydrogen) atoms. The second kappa shape index (κ2) is 11.8. The fraction of sp³-hybridized carbons (Fsp3) is 0.391. The van der Waals surface area contributed by atoms with Gasteiger partial charge in [-0.1, -0.05) is 36.4 Å². The van der Waals surface area contributed by atoms with Crippen LogP contribution < -0.4 is 15.4 Å². The van der Waals surface area contributed by atoms with E-state index in [9.17, 15) is 4.79 Å². The molecule has 1 heterocycles. The molecule has 0 saturated carbocycles. The summed E-state index contributed by atoms with van der Waals surface area (Å²) in [5.41, 5.74) is 3.74. The molecule has 6 nitrogen and oxygen atoms in total. The zero-order valence-corrected chi connectivity index (χ0v) is 20.2. The van der Waals surface area contributed by atoms with Gasteiger partial charge in [0.1, 0.15) is 11.9 Å². The molecule has 0 radical (unpaired) electrons. The summed E-state index contributed by atoms with van der Waals surface area (Å²) >= 11 is 0. The first-order chi connectivity index (χ1) is 14.0. The third kappa shape index (κ3) is 6.90. The molecule has 3 rings (SSSR count). The van der Waals surface area contributed by atoms with Crippen molar-refractivity contribution < 1.29 is 9.53 Å². The average Bonchev–Trinajstić information content (AvgIpc) is 2.73. The average molecular weight is 522 g/mol. The van der Waals surface area contributed by atoms with Gasteiger partial charge in [-0.05, 0) is 49.1 Å². The molecule has 1 amide bonds. The number of guanidine groups is 1. The van der Waals surface area contributed by atoms with E-state index in [1.54, 1.807) is 7.05 Å². The normalized spacial score (nSPS) is 14.2. The van der Waals surface area contributed by atoms with E-state index in [0.29, 0.717) is 19.0 Å². The third-order valence-electron chi connectivity index (χ3n) is 5.00. The van der Waals surface area contributed by atoms with Gasteiger partial charge >= 0.3 is 0 Å². The number of halogens is 1. The number of fused-ring (bicyclic) bond motifs is 1. The quantitative estimate of drug-likeness (QED) is 0.348. The van der Waals surface area contributed by atoms with Gasteiger partial charge in [0.2, 0.25) is 5.91 Å². The van der Waals surface area contributed by atoms with Gasteiger partial charge in [-0.15, -0.1) is 24.0 Å². The molecule has 162 valence electrons. The molecule has 0 bridgehead atoms. The Kier molecular flexibility index (Phi) is 9.42. The zero-order valence-electron chi connectivity index (χ0n) is 17.9. The van der Waals surface area contributed by atoms with Gasteiger partial charge < -0.3 is 20.3 Å².